The van der Waals surface area contributed by atoms with Crippen LogP contribution in [0.3, 0.4) is 0 Å². The zero-order valence-corrected chi connectivity index (χ0v) is 20.0. The summed E-state index contributed by atoms with van der Waals surface area (Å²) < 4.78 is 25.2. The summed E-state index contributed by atoms with van der Waals surface area (Å²) in [6.07, 6.45) is 1.52. The SMILES string of the molecule is Cc1ccc2[nH]cc(-c3ccc(CC(=O)CS(=O)(=O)c4ccc(Cl)s4)cc3Cl)c(=O)c2c1. The first-order chi connectivity index (χ1) is 15.1. The molecular formula is C23H17Cl2NO4S2. The number of carbonyl (C=O) groups excluding carboxylic acids is 1. The first kappa shape index (κ1) is 22.7. The molecule has 32 heavy (non-hydrogen) atoms. The maximum absolute atomic E-state index is 13.0. The van der Waals surface area contributed by atoms with E-state index in [0.717, 1.165) is 22.4 Å². The lowest BCUT2D eigenvalue weighted by Crippen LogP contribution is -2.17. The number of benzene rings is 2. The molecule has 0 bridgehead atoms. The second-order valence-electron chi connectivity index (χ2n) is 7.43. The van der Waals surface area contributed by atoms with Gasteiger partial charge in [-0.15, -0.1) is 11.3 Å². The molecule has 2 aromatic carbocycles. The Balaban J connectivity index is 1.58. The highest BCUT2D eigenvalue weighted by Gasteiger charge is 2.22. The minimum absolute atomic E-state index is 0.0648. The number of fused-ring (bicyclic) bond motifs is 1. The van der Waals surface area contributed by atoms with Gasteiger partial charge in [0.1, 0.15) is 9.96 Å². The van der Waals surface area contributed by atoms with Crippen molar-refractivity contribution in [1.29, 1.82) is 0 Å². The molecule has 0 saturated heterocycles. The van der Waals surface area contributed by atoms with E-state index >= 15 is 0 Å². The zero-order valence-electron chi connectivity index (χ0n) is 16.8. The summed E-state index contributed by atoms with van der Waals surface area (Å²) >= 11 is 13.2. The van der Waals surface area contributed by atoms with Crippen molar-refractivity contribution in [2.24, 2.45) is 0 Å². The van der Waals surface area contributed by atoms with Gasteiger partial charge in [0.15, 0.2) is 21.0 Å². The average Bonchev–Trinajstić information content (AvgIpc) is 3.16. The number of sulfone groups is 1. The van der Waals surface area contributed by atoms with Crippen molar-refractivity contribution >= 4 is 61.1 Å². The molecule has 0 spiro atoms. The molecule has 4 aromatic rings. The maximum atomic E-state index is 13.0. The third-order valence-electron chi connectivity index (χ3n) is 4.97. The molecule has 2 aromatic heterocycles. The molecule has 0 fully saturated rings. The smallest absolute Gasteiger partial charge is 0.197 e. The van der Waals surface area contributed by atoms with E-state index in [-0.39, 0.29) is 16.1 Å². The van der Waals surface area contributed by atoms with Crippen LogP contribution in [0.25, 0.3) is 22.0 Å². The number of carbonyl (C=O) groups is 1. The average molecular weight is 506 g/mol. The van der Waals surface area contributed by atoms with Crippen LogP contribution in [0.4, 0.5) is 0 Å². The van der Waals surface area contributed by atoms with E-state index in [0.29, 0.717) is 31.4 Å². The molecule has 9 heteroatoms. The fourth-order valence-corrected chi connectivity index (χ4v) is 6.56. The Morgan fingerprint density at radius 1 is 1.03 bits per heavy atom. The van der Waals surface area contributed by atoms with E-state index in [9.17, 15) is 18.0 Å². The van der Waals surface area contributed by atoms with Gasteiger partial charge in [-0.3, -0.25) is 9.59 Å². The second kappa shape index (κ2) is 8.83. The summed E-state index contributed by atoms with van der Waals surface area (Å²) in [6, 6.07) is 13.4. The van der Waals surface area contributed by atoms with E-state index in [4.69, 9.17) is 23.2 Å². The number of aryl methyl sites for hydroxylation is 1. The van der Waals surface area contributed by atoms with Gasteiger partial charge in [0.25, 0.3) is 0 Å². The number of pyridine rings is 1. The number of thiophene rings is 1. The number of halogens is 2. The van der Waals surface area contributed by atoms with Gasteiger partial charge in [0, 0.05) is 39.7 Å². The second-order valence-corrected chi connectivity index (χ2v) is 11.8. The lowest BCUT2D eigenvalue weighted by Gasteiger charge is -2.09. The third kappa shape index (κ3) is 4.66. The number of aromatic amines is 1. The van der Waals surface area contributed by atoms with E-state index in [1.807, 2.05) is 25.1 Å². The summed E-state index contributed by atoms with van der Waals surface area (Å²) in [6.45, 7) is 1.91. The summed E-state index contributed by atoms with van der Waals surface area (Å²) in [5.74, 6) is -1.08. The number of hydrogen-bond acceptors (Lipinski definition) is 5. The van der Waals surface area contributed by atoms with Crippen LogP contribution in [0, 0.1) is 6.92 Å². The minimum atomic E-state index is -3.74. The van der Waals surface area contributed by atoms with E-state index in [1.165, 1.54) is 12.1 Å². The lowest BCUT2D eigenvalue weighted by molar-refractivity contribution is -0.116. The number of rotatable bonds is 6. The van der Waals surface area contributed by atoms with Gasteiger partial charge in [-0.05, 0) is 42.8 Å². The van der Waals surface area contributed by atoms with Gasteiger partial charge >= 0.3 is 0 Å². The highest BCUT2D eigenvalue weighted by molar-refractivity contribution is 7.94. The molecule has 1 N–H and O–H groups in total. The number of aromatic nitrogens is 1. The first-order valence-electron chi connectivity index (χ1n) is 9.55. The van der Waals surface area contributed by atoms with Crippen LogP contribution >= 0.6 is 34.5 Å². The predicted molar refractivity (Wildman–Crippen MR) is 130 cm³/mol. The molecule has 5 nitrogen and oxygen atoms in total. The van der Waals surface area contributed by atoms with Crippen molar-refractivity contribution in [1.82, 2.24) is 4.98 Å². The van der Waals surface area contributed by atoms with Gasteiger partial charge in [-0.1, -0.05) is 47.0 Å². The number of ketones is 1. The van der Waals surface area contributed by atoms with E-state index < -0.39 is 21.4 Å². The molecule has 0 radical (unpaired) electrons. The lowest BCUT2D eigenvalue weighted by atomic mass is 10.0. The molecule has 0 atom stereocenters. The molecule has 0 saturated carbocycles. The third-order valence-corrected chi connectivity index (χ3v) is 8.77. The Labute approximate surface area is 198 Å². The summed E-state index contributed by atoms with van der Waals surface area (Å²) in [4.78, 5) is 28.5. The summed E-state index contributed by atoms with van der Waals surface area (Å²) in [7, 11) is -3.74. The number of Topliss-reactive ketones (excluding diaryl/α,β-unsaturated/α-hetero) is 1. The topological polar surface area (TPSA) is 84.1 Å². The van der Waals surface area contributed by atoms with Gasteiger partial charge < -0.3 is 4.98 Å². The Morgan fingerprint density at radius 3 is 2.50 bits per heavy atom. The first-order valence-corrected chi connectivity index (χ1v) is 12.8. The van der Waals surface area contributed by atoms with Crippen LogP contribution < -0.4 is 5.43 Å². The molecule has 0 aliphatic carbocycles. The van der Waals surface area contributed by atoms with Crippen molar-refractivity contribution < 1.29 is 13.2 Å². The van der Waals surface area contributed by atoms with E-state index in [1.54, 1.807) is 24.4 Å². The van der Waals surface area contributed by atoms with Crippen LogP contribution in [0.5, 0.6) is 0 Å². The number of nitrogens with one attached hydrogen (secondary N) is 1. The maximum Gasteiger partial charge on any atom is 0.197 e. The normalized spacial score (nSPS) is 11.7. The van der Waals surface area contributed by atoms with Crippen molar-refractivity contribution in [3.05, 3.63) is 85.4 Å². The van der Waals surface area contributed by atoms with Gasteiger partial charge in [-0.25, -0.2) is 8.42 Å². The highest BCUT2D eigenvalue weighted by atomic mass is 35.5. The summed E-state index contributed by atoms with van der Waals surface area (Å²) in [5.41, 5.74) is 3.08. The Bertz CT molecular complexity index is 1520. The molecule has 0 aliphatic rings. The standard InChI is InChI=1S/C23H17Cl2NO4S2/c1-13-2-5-20-17(8-13)23(28)18(11-26-20)16-4-3-14(10-19(16)24)9-15(27)12-32(29,30)22-7-6-21(25)31-22/h2-8,10-11H,9,12H2,1H3,(H,26,28). The van der Waals surface area contributed by atoms with Gasteiger partial charge in [-0.2, -0.15) is 0 Å². The molecule has 164 valence electrons. The number of H-pyrrole nitrogens is 1. The quantitative estimate of drug-likeness (QED) is 0.377. The van der Waals surface area contributed by atoms with Gasteiger partial charge in [0.05, 0.1) is 4.34 Å². The molecule has 0 unspecified atom stereocenters. The monoisotopic (exact) mass is 505 g/mol. The van der Waals surface area contributed by atoms with Crippen LogP contribution in [-0.4, -0.2) is 24.9 Å². The predicted octanol–water partition coefficient (Wildman–Crippen LogP) is 5.46. The van der Waals surface area contributed by atoms with Crippen molar-refractivity contribution in [2.75, 3.05) is 5.75 Å². The molecular weight excluding hydrogens is 489 g/mol. The fraction of sp³-hybridized carbons (Fsp3) is 0.130. The van der Waals surface area contributed by atoms with Crippen LogP contribution in [0.2, 0.25) is 9.36 Å². The minimum Gasteiger partial charge on any atom is -0.360 e. The molecule has 0 aliphatic heterocycles. The molecule has 2 heterocycles. The number of hydrogen-bond donors (Lipinski definition) is 1. The highest BCUT2D eigenvalue weighted by Crippen LogP contribution is 2.29. The molecule has 4 rings (SSSR count). The fourth-order valence-electron chi connectivity index (χ4n) is 3.45. The van der Waals surface area contributed by atoms with Crippen molar-refractivity contribution in [2.45, 2.75) is 17.6 Å². The van der Waals surface area contributed by atoms with Crippen LogP contribution in [0.1, 0.15) is 11.1 Å². The van der Waals surface area contributed by atoms with Crippen LogP contribution in [-0.2, 0) is 21.1 Å². The Hall–Kier alpha value is -2.45. The largest absolute Gasteiger partial charge is 0.360 e. The van der Waals surface area contributed by atoms with E-state index in [2.05, 4.69) is 4.98 Å². The van der Waals surface area contributed by atoms with Crippen molar-refractivity contribution in [3.63, 3.8) is 0 Å². The van der Waals surface area contributed by atoms with Gasteiger partial charge in [0.2, 0.25) is 0 Å². The summed E-state index contributed by atoms with van der Waals surface area (Å²) in [5, 5.41) is 0.873. The van der Waals surface area contributed by atoms with Crippen LogP contribution in [0.15, 0.2) is 63.7 Å². The van der Waals surface area contributed by atoms with Crippen molar-refractivity contribution in [3.8, 4) is 11.1 Å². The zero-order chi connectivity index (χ0) is 23.0. The Morgan fingerprint density at radius 2 is 1.81 bits per heavy atom. The molecule has 0 amide bonds. The Kier molecular flexibility index (Phi) is 6.27.